The van der Waals surface area contributed by atoms with Gasteiger partial charge in [-0.3, -0.25) is 14.1 Å². The Morgan fingerprint density at radius 1 is 1.67 bits per heavy atom. The van der Waals surface area contributed by atoms with E-state index >= 15 is 0 Å². The van der Waals surface area contributed by atoms with Crippen LogP contribution in [0.3, 0.4) is 0 Å². The van der Waals surface area contributed by atoms with Crippen LogP contribution in [0, 0.1) is 0 Å². The first-order valence-corrected chi connectivity index (χ1v) is 6.12. The third-order valence-corrected chi connectivity index (χ3v) is 3.24. The largest absolute Gasteiger partial charge is 0.461 e. The van der Waals surface area contributed by atoms with E-state index in [1.165, 1.54) is 6.92 Å². The van der Waals surface area contributed by atoms with Crippen LogP contribution in [0.5, 0.6) is 0 Å². The molecule has 0 aromatic carbocycles. The predicted octanol–water partition coefficient (Wildman–Crippen LogP) is -0.369. The molecule has 10 nitrogen and oxygen atoms in total. The molecule has 18 heavy (non-hydrogen) atoms. The van der Waals surface area contributed by atoms with Crippen molar-refractivity contribution >= 4 is 22.2 Å². The van der Waals surface area contributed by atoms with Crippen LogP contribution < -0.4 is 0 Å². The van der Waals surface area contributed by atoms with Crippen LogP contribution in [-0.2, 0) is 24.6 Å². The van der Waals surface area contributed by atoms with Gasteiger partial charge in [0.05, 0.1) is 0 Å². The summed E-state index contributed by atoms with van der Waals surface area (Å²) in [6, 6.07) is -2.57. The molecule has 1 aliphatic rings. The first kappa shape index (κ1) is 14.2. The summed E-state index contributed by atoms with van der Waals surface area (Å²) in [5.41, 5.74) is 8.26. The highest BCUT2D eigenvalue weighted by Gasteiger charge is 2.56. The lowest BCUT2D eigenvalue weighted by Gasteiger charge is -2.44. The zero-order valence-electron chi connectivity index (χ0n) is 9.42. The molecule has 3 atom stereocenters. The summed E-state index contributed by atoms with van der Waals surface area (Å²) in [5.74, 6) is -1.77. The van der Waals surface area contributed by atoms with E-state index in [0.717, 1.165) is 6.92 Å². The third-order valence-electron chi connectivity index (χ3n) is 2.32. The predicted molar refractivity (Wildman–Crippen MR) is 56.3 cm³/mol. The quantitative estimate of drug-likeness (QED) is 0.185. The monoisotopic (exact) mass is 278 g/mol. The molecule has 1 N–H and O–H groups in total. The second-order valence-electron chi connectivity index (χ2n) is 3.57. The van der Waals surface area contributed by atoms with Gasteiger partial charge >= 0.3 is 16.3 Å². The van der Waals surface area contributed by atoms with Crippen molar-refractivity contribution in [1.82, 2.24) is 4.31 Å². The van der Waals surface area contributed by atoms with Gasteiger partial charge in [0.1, 0.15) is 18.2 Å². The molecule has 3 unspecified atom stereocenters. The Morgan fingerprint density at radius 3 is 2.61 bits per heavy atom. The van der Waals surface area contributed by atoms with Crippen LogP contribution in [0.2, 0.25) is 0 Å². The van der Waals surface area contributed by atoms with Gasteiger partial charge in [-0.1, -0.05) is 5.11 Å². The molecule has 1 rings (SSSR count). The minimum atomic E-state index is -4.79. The topological polar surface area (TPSA) is 150 Å². The second kappa shape index (κ2) is 4.80. The summed E-state index contributed by atoms with van der Waals surface area (Å²) in [5, 5.41) is 3.11. The van der Waals surface area contributed by atoms with E-state index < -0.39 is 40.4 Å². The van der Waals surface area contributed by atoms with Gasteiger partial charge in [-0.25, -0.2) is 4.31 Å². The summed E-state index contributed by atoms with van der Waals surface area (Å²) < 4.78 is 35.6. The molecule has 0 aromatic rings. The van der Waals surface area contributed by atoms with E-state index in [9.17, 15) is 18.0 Å². The molecule has 1 aliphatic heterocycles. The maximum absolute atomic E-state index is 11.4. The lowest BCUT2D eigenvalue weighted by molar-refractivity contribution is -0.159. The summed E-state index contributed by atoms with van der Waals surface area (Å²) in [4.78, 5) is 24.5. The van der Waals surface area contributed by atoms with Crippen molar-refractivity contribution in [2.45, 2.75) is 32.0 Å². The van der Waals surface area contributed by atoms with Gasteiger partial charge in [0, 0.05) is 11.8 Å². The number of amides is 1. The lowest BCUT2D eigenvalue weighted by atomic mass is 9.95. The number of hydrogen-bond acceptors (Lipinski definition) is 6. The van der Waals surface area contributed by atoms with Crippen LogP contribution in [0.1, 0.15) is 13.8 Å². The minimum absolute atomic E-state index is 0.125. The SMILES string of the molecule is CC(=O)OC(C)C1C(N=[N+]=[N-])C(=O)N1S(=O)(=O)O. The van der Waals surface area contributed by atoms with Gasteiger partial charge in [-0.05, 0) is 12.5 Å². The fraction of sp³-hybridized carbons (Fsp3) is 0.714. The Kier molecular flexibility index (Phi) is 3.79. The van der Waals surface area contributed by atoms with Gasteiger partial charge in [-0.15, -0.1) is 0 Å². The average Bonchev–Trinajstić information content (AvgIpc) is 2.18. The number of carbonyl (C=O) groups is 2. The Labute approximate surface area is 102 Å². The van der Waals surface area contributed by atoms with E-state index in [2.05, 4.69) is 10.0 Å². The Balaban J connectivity index is 3.04. The molecule has 1 amide bonds. The summed E-state index contributed by atoms with van der Waals surface area (Å²) in [7, 11) is -4.79. The molecule has 100 valence electrons. The molecule has 1 fully saturated rings. The first-order chi connectivity index (χ1) is 8.20. The smallest absolute Gasteiger partial charge is 0.362 e. The normalized spacial score (nSPS) is 24.8. The number of nitrogens with zero attached hydrogens (tertiary/aromatic N) is 4. The maximum atomic E-state index is 11.4. The molecule has 0 saturated carbocycles. The number of ether oxygens (including phenoxy) is 1. The van der Waals surface area contributed by atoms with Crippen LogP contribution in [-0.4, -0.2) is 47.3 Å². The second-order valence-corrected chi connectivity index (χ2v) is 4.86. The van der Waals surface area contributed by atoms with Gasteiger partial charge < -0.3 is 4.74 Å². The van der Waals surface area contributed by atoms with Gasteiger partial charge in [0.2, 0.25) is 5.91 Å². The Hall–Kier alpha value is -1.84. The highest BCUT2D eigenvalue weighted by atomic mass is 32.2. The Bertz CT molecular complexity index is 524. The van der Waals surface area contributed by atoms with Crippen LogP contribution in [0.25, 0.3) is 10.4 Å². The minimum Gasteiger partial charge on any atom is -0.461 e. The van der Waals surface area contributed by atoms with E-state index in [1.807, 2.05) is 0 Å². The third kappa shape index (κ3) is 2.53. The summed E-state index contributed by atoms with van der Waals surface area (Å²) in [6.07, 6.45) is -1.04. The maximum Gasteiger partial charge on any atom is 0.362 e. The van der Waals surface area contributed by atoms with Crippen molar-refractivity contribution in [2.24, 2.45) is 5.11 Å². The molecule has 0 aliphatic carbocycles. The van der Waals surface area contributed by atoms with Crippen molar-refractivity contribution in [3.05, 3.63) is 10.4 Å². The Morgan fingerprint density at radius 2 is 2.22 bits per heavy atom. The van der Waals surface area contributed by atoms with Crippen LogP contribution >= 0.6 is 0 Å². The summed E-state index contributed by atoms with van der Waals surface area (Å²) >= 11 is 0. The molecule has 0 spiro atoms. The van der Waals surface area contributed by atoms with Crippen LogP contribution in [0.15, 0.2) is 5.11 Å². The number of azide groups is 1. The van der Waals surface area contributed by atoms with Crippen molar-refractivity contribution in [3.63, 3.8) is 0 Å². The standard InChI is InChI=1S/C7H10N4O6S/c1-3(17-4(2)12)6-5(9-10-8)7(13)11(6)18(14,15)16/h3,5-6H,1-2H3,(H,14,15,16). The molecule has 1 saturated heterocycles. The van der Waals surface area contributed by atoms with Crippen molar-refractivity contribution in [3.8, 4) is 0 Å². The van der Waals surface area contributed by atoms with Crippen LogP contribution in [0.4, 0.5) is 0 Å². The number of β-lactam (4-membered cyclic amide) rings is 1. The van der Waals surface area contributed by atoms with E-state index in [1.54, 1.807) is 0 Å². The molecule has 0 bridgehead atoms. The zero-order chi connectivity index (χ0) is 14.1. The molecular formula is C7H10N4O6S. The highest BCUT2D eigenvalue weighted by molar-refractivity contribution is 7.84. The fourth-order valence-corrected chi connectivity index (χ4v) is 2.62. The number of esters is 1. The van der Waals surface area contributed by atoms with Gasteiger partial charge in [-0.2, -0.15) is 8.42 Å². The number of hydrogen-bond donors (Lipinski definition) is 1. The lowest BCUT2D eigenvalue weighted by Crippen LogP contribution is -2.69. The summed E-state index contributed by atoms with van der Waals surface area (Å²) in [6.45, 7) is 2.41. The van der Waals surface area contributed by atoms with Crippen molar-refractivity contribution < 1.29 is 27.3 Å². The van der Waals surface area contributed by atoms with Gasteiger partial charge in [0.15, 0.2) is 0 Å². The number of carbonyl (C=O) groups excluding carboxylic acids is 2. The fourth-order valence-electron chi connectivity index (χ4n) is 1.69. The van der Waals surface area contributed by atoms with Crippen molar-refractivity contribution in [1.29, 1.82) is 0 Å². The zero-order valence-corrected chi connectivity index (χ0v) is 10.2. The van der Waals surface area contributed by atoms with Crippen molar-refractivity contribution in [2.75, 3.05) is 0 Å². The van der Waals surface area contributed by atoms with E-state index in [-0.39, 0.29) is 4.31 Å². The highest BCUT2D eigenvalue weighted by Crippen LogP contribution is 2.30. The first-order valence-electron chi connectivity index (χ1n) is 4.72. The molecule has 0 radical (unpaired) electrons. The molecular weight excluding hydrogens is 268 g/mol. The van der Waals surface area contributed by atoms with Gasteiger partial charge in [0.25, 0.3) is 0 Å². The average molecular weight is 278 g/mol. The molecule has 1 heterocycles. The van der Waals surface area contributed by atoms with E-state index in [4.69, 9.17) is 14.8 Å². The van der Waals surface area contributed by atoms with E-state index in [0.29, 0.717) is 0 Å². The molecule has 11 heteroatoms. The number of rotatable bonds is 4. The molecule has 0 aromatic heterocycles.